The van der Waals surface area contributed by atoms with Gasteiger partial charge in [0.2, 0.25) is 11.8 Å². The van der Waals surface area contributed by atoms with Gasteiger partial charge in [0.15, 0.2) is 0 Å². The Hall–Kier alpha value is -1.85. The summed E-state index contributed by atoms with van der Waals surface area (Å²) in [4.78, 5) is 25.8. The van der Waals surface area contributed by atoms with E-state index in [1.807, 2.05) is 6.07 Å². The Morgan fingerprint density at radius 2 is 1.76 bits per heavy atom. The van der Waals surface area contributed by atoms with Crippen LogP contribution in [0.15, 0.2) is 12.4 Å². The van der Waals surface area contributed by atoms with Crippen LogP contribution >= 0.6 is 0 Å². The molecule has 1 aromatic heterocycles. The molecule has 3 aliphatic rings. The number of piperidine rings is 1. The molecule has 0 unspecified atom stereocenters. The Labute approximate surface area is 149 Å². The zero-order chi connectivity index (χ0) is 17.2. The van der Waals surface area contributed by atoms with Gasteiger partial charge in [-0.15, -0.1) is 0 Å². The van der Waals surface area contributed by atoms with E-state index in [-0.39, 0.29) is 0 Å². The van der Waals surface area contributed by atoms with Crippen molar-refractivity contribution in [2.45, 2.75) is 63.5 Å². The molecule has 6 nitrogen and oxygen atoms in total. The number of hydrogen-bond acceptors (Lipinski definition) is 5. The lowest BCUT2D eigenvalue weighted by Gasteiger charge is -2.40. The molecule has 136 valence electrons. The first kappa shape index (κ1) is 16.6. The van der Waals surface area contributed by atoms with E-state index >= 15 is 0 Å². The number of ether oxygens (including phenoxy) is 1. The molecule has 2 aliphatic carbocycles. The molecule has 2 heterocycles. The molecule has 0 N–H and O–H groups in total. The molecule has 0 bridgehead atoms. The Morgan fingerprint density at radius 1 is 1.08 bits per heavy atom. The van der Waals surface area contributed by atoms with Crippen molar-refractivity contribution in [3.05, 3.63) is 12.4 Å². The normalized spacial score (nSPS) is 22.2. The van der Waals surface area contributed by atoms with E-state index in [9.17, 15) is 4.79 Å². The Kier molecular flexibility index (Phi) is 4.77. The van der Waals surface area contributed by atoms with Crippen LogP contribution in [0, 0.1) is 5.92 Å². The summed E-state index contributed by atoms with van der Waals surface area (Å²) in [6.45, 7) is 1.76. The Balaban J connectivity index is 1.41. The van der Waals surface area contributed by atoms with Crippen LogP contribution in [0.2, 0.25) is 0 Å². The highest BCUT2D eigenvalue weighted by Crippen LogP contribution is 2.36. The molecule has 3 fully saturated rings. The lowest BCUT2D eigenvalue weighted by molar-refractivity contribution is -0.136. The molecule has 0 radical (unpaired) electrons. The maximum Gasteiger partial charge on any atom is 0.225 e. The van der Waals surface area contributed by atoms with Crippen LogP contribution in [0.5, 0.6) is 5.88 Å². The molecular formula is C19H28N4O2. The lowest BCUT2D eigenvalue weighted by atomic mass is 9.99. The van der Waals surface area contributed by atoms with Gasteiger partial charge in [0, 0.05) is 37.2 Å². The van der Waals surface area contributed by atoms with Crippen molar-refractivity contribution in [3.63, 3.8) is 0 Å². The van der Waals surface area contributed by atoms with E-state index in [0.717, 1.165) is 44.6 Å². The predicted molar refractivity (Wildman–Crippen MR) is 95.6 cm³/mol. The number of amides is 1. The topological polar surface area (TPSA) is 58.6 Å². The van der Waals surface area contributed by atoms with Crippen LogP contribution in [0.25, 0.3) is 0 Å². The molecule has 0 aromatic carbocycles. The minimum absolute atomic E-state index is 0.294. The fraction of sp³-hybridized carbons (Fsp3) is 0.737. The highest BCUT2D eigenvalue weighted by atomic mass is 16.5. The fourth-order valence-electron chi connectivity index (χ4n) is 4.40. The second-order valence-electron chi connectivity index (χ2n) is 7.59. The van der Waals surface area contributed by atoms with E-state index in [1.54, 1.807) is 13.4 Å². The summed E-state index contributed by atoms with van der Waals surface area (Å²) < 4.78 is 5.27. The Morgan fingerprint density at radius 3 is 2.40 bits per heavy atom. The minimum Gasteiger partial charge on any atom is -0.481 e. The minimum atomic E-state index is 0.294. The molecule has 25 heavy (non-hydrogen) atoms. The van der Waals surface area contributed by atoms with Gasteiger partial charge in [-0.25, -0.2) is 9.97 Å². The van der Waals surface area contributed by atoms with E-state index in [4.69, 9.17) is 4.74 Å². The smallest absolute Gasteiger partial charge is 0.225 e. The number of carbonyl (C=O) groups excluding carboxylic acids is 1. The van der Waals surface area contributed by atoms with Crippen LogP contribution < -0.4 is 9.64 Å². The van der Waals surface area contributed by atoms with Crippen LogP contribution in [-0.4, -0.2) is 53.1 Å². The zero-order valence-electron chi connectivity index (χ0n) is 15.1. The Bertz CT molecular complexity index is 605. The second-order valence-corrected chi connectivity index (χ2v) is 7.59. The van der Waals surface area contributed by atoms with Crippen molar-refractivity contribution in [2.75, 3.05) is 25.1 Å². The van der Waals surface area contributed by atoms with Gasteiger partial charge in [0.1, 0.15) is 12.1 Å². The zero-order valence-corrected chi connectivity index (χ0v) is 15.1. The van der Waals surface area contributed by atoms with Crippen molar-refractivity contribution < 1.29 is 9.53 Å². The third-order valence-electron chi connectivity index (χ3n) is 5.92. The van der Waals surface area contributed by atoms with Crippen molar-refractivity contribution in [1.82, 2.24) is 14.9 Å². The van der Waals surface area contributed by atoms with Gasteiger partial charge in [-0.1, -0.05) is 12.8 Å². The van der Waals surface area contributed by atoms with Gasteiger partial charge >= 0.3 is 0 Å². The van der Waals surface area contributed by atoms with Gasteiger partial charge in [-0.05, 0) is 38.5 Å². The molecular weight excluding hydrogens is 316 g/mol. The molecule has 6 heteroatoms. The van der Waals surface area contributed by atoms with Crippen molar-refractivity contribution in [3.8, 4) is 5.88 Å². The standard InChI is InChI=1S/C19H28N4O2/c1-25-18-12-17(20-13-21-18)23(15-6-7-15)16-8-10-22(11-9-16)19(24)14-4-2-3-5-14/h12-16H,2-11H2,1H3. The van der Waals surface area contributed by atoms with E-state index in [1.165, 1.54) is 25.7 Å². The fourth-order valence-corrected chi connectivity index (χ4v) is 4.40. The number of anilines is 1. The van der Waals surface area contributed by atoms with E-state index < -0.39 is 0 Å². The van der Waals surface area contributed by atoms with Crippen LogP contribution in [0.3, 0.4) is 0 Å². The number of likely N-dealkylation sites (tertiary alicyclic amines) is 1. The van der Waals surface area contributed by atoms with Gasteiger partial charge < -0.3 is 14.5 Å². The average Bonchev–Trinajstić information content (AvgIpc) is 3.33. The van der Waals surface area contributed by atoms with Crippen LogP contribution in [0.1, 0.15) is 51.4 Å². The molecule has 1 saturated heterocycles. The van der Waals surface area contributed by atoms with E-state index in [0.29, 0.717) is 29.8 Å². The predicted octanol–water partition coefficient (Wildman–Crippen LogP) is 2.64. The first-order valence-electron chi connectivity index (χ1n) is 9.69. The molecule has 2 saturated carbocycles. The number of aromatic nitrogens is 2. The molecule has 1 amide bonds. The summed E-state index contributed by atoms with van der Waals surface area (Å²) >= 11 is 0. The number of hydrogen-bond donors (Lipinski definition) is 0. The van der Waals surface area contributed by atoms with Crippen LogP contribution in [0.4, 0.5) is 5.82 Å². The maximum absolute atomic E-state index is 12.7. The highest BCUT2D eigenvalue weighted by Gasteiger charge is 2.38. The van der Waals surface area contributed by atoms with Crippen molar-refractivity contribution in [2.24, 2.45) is 5.92 Å². The number of carbonyl (C=O) groups is 1. The summed E-state index contributed by atoms with van der Waals surface area (Å²) in [5.41, 5.74) is 0. The van der Waals surface area contributed by atoms with Gasteiger partial charge in [-0.2, -0.15) is 0 Å². The van der Waals surface area contributed by atoms with Gasteiger partial charge in [0.25, 0.3) is 0 Å². The summed E-state index contributed by atoms with van der Waals surface area (Å²) in [7, 11) is 1.64. The van der Waals surface area contributed by atoms with E-state index in [2.05, 4.69) is 19.8 Å². The summed E-state index contributed by atoms with van der Waals surface area (Å²) in [5.74, 6) is 2.28. The summed E-state index contributed by atoms with van der Waals surface area (Å²) in [6.07, 6.45) is 10.7. The number of rotatable bonds is 5. The highest BCUT2D eigenvalue weighted by molar-refractivity contribution is 5.79. The number of methoxy groups -OCH3 is 1. The maximum atomic E-state index is 12.7. The first-order chi connectivity index (χ1) is 12.3. The summed E-state index contributed by atoms with van der Waals surface area (Å²) in [5, 5.41) is 0. The average molecular weight is 344 g/mol. The second kappa shape index (κ2) is 7.18. The molecule has 0 spiro atoms. The molecule has 0 atom stereocenters. The van der Waals surface area contributed by atoms with Gasteiger partial charge in [-0.3, -0.25) is 4.79 Å². The monoisotopic (exact) mass is 344 g/mol. The number of nitrogens with zero attached hydrogens (tertiary/aromatic N) is 4. The summed E-state index contributed by atoms with van der Waals surface area (Å²) in [6, 6.07) is 2.98. The lowest BCUT2D eigenvalue weighted by Crippen LogP contribution is -2.49. The van der Waals surface area contributed by atoms with Crippen molar-refractivity contribution >= 4 is 11.7 Å². The third kappa shape index (κ3) is 3.58. The molecule has 1 aliphatic heterocycles. The molecule has 4 rings (SSSR count). The largest absolute Gasteiger partial charge is 0.481 e. The third-order valence-corrected chi connectivity index (χ3v) is 5.92. The van der Waals surface area contributed by atoms with Crippen molar-refractivity contribution in [1.29, 1.82) is 0 Å². The van der Waals surface area contributed by atoms with Crippen LogP contribution in [-0.2, 0) is 4.79 Å². The first-order valence-corrected chi connectivity index (χ1v) is 9.69. The quantitative estimate of drug-likeness (QED) is 0.822. The van der Waals surface area contributed by atoms with Gasteiger partial charge in [0.05, 0.1) is 7.11 Å². The molecule has 1 aromatic rings. The SMILES string of the molecule is COc1cc(N(C2CC2)C2CCN(C(=O)C3CCCC3)CC2)ncn1.